The average Bonchev–Trinajstić information content (AvgIpc) is 3.47. The first-order chi connectivity index (χ1) is 18.2. The average molecular weight is 511 g/mol. The monoisotopic (exact) mass is 510 g/mol. The van der Waals surface area contributed by atoms with Crippen LogP contribution in [0.3, 0.4) is 0 Å². The number of benzene rings is 2. The lowest BCUT2D eigenvalue weighted by Crippen LogP contribution is -2.39. The van der Waals surface area contributed by atoms with E-state index < -0.39 is 5.60 Å². The summed E-state index contributed by atoms with van der Waals surface area (Å²) in [7, 11) is 0. The van der Waals surface area contributed by atoms with E-state index in [0.29, 0.717) is 13.1 Å². The van der Waals surface area contributed by atoms with Crippen molar-refractivity contribution in [1.29, 1.82) is 0 Å². The summed E-state index contributed by atoms with van der Waals surface area (Å²) >= 11 is 0. The Kier molecular flexibility index (Phi) is 5.97. The Morgan fingerprint density at radius 2 is 2.00 bits per heavy atom. The molecule has 6 rings (SSSR count). The Balaban J connectivity index is 1.32. The first kappa shape index (κ1) is 24.3. The number of aromatic nitrogens is 4. The zero-order valence-electron chi connectivity index (χ0n) is 22.4. The predicted octanol–water partition coefficient (Wildman–Crippen LogP) is 6.32. The third-order valence-corrected chi connectivity index (χ3v) is 7.34. The van der Waals surface area contributed by atoms with Gasteiger partial charge in [0.1, 0.15) is 5.60 Å². The van der Waals surface area contributed by atoms with Crippen molar-refractivity contribution in [2.75, 3.05) is 18.4 Å². The number of rotatable bonds is 3. The molecule has 196 valence electrons. The van der Waals surface area contributed by atoms with Crippen molar-refractivity contribution < 1.29 is 9.53 Å². The lowest BCUT2D eigenvalue weighted by Gasteiger charge is -2.30. The quantitative estimate of drug-likeness (QED) is 0.337. The fourth-order valence-corrected chi connectivity index (χ4v) is 5.48. The second kappa shape index (κ2) is 9.35. The van der Waals surface area contributed by atoms with Crippen LogP contribution in [-0.2, 0) is 11.3 Å². The van der Waals surface area contributed by atoms with Gasteiger partial charge in [-0.3, -0.25) is 0 Å². The van der Waals surface area contributed by atoms with Gasteiger partial charge in [-0.25, -0.2) is 9.48 Å². The van der Waals surface area contributed by atoms with Crippen LogP contribution in [0.5, 0.6) is 0 Å². The van der Waals surface area contributed by atoms with Crippen molar-refractivity contribution in [1.82, 2.24) is 24.9 Å². The van der Waals surface area contributed by atoms with E-state index in [1.807, 2.05) is 38.6 Å². The summed E-state index contributed by atoms with van der Waals surface area (Å²) in [5, 5.41) is 13.8. The van der Waals surface area contributed by atoms with Crippen LogP contribution < -0.4 is 5.32 Å². The SMILES string of the molecule is Cc1nnn2c1-c1ccc(C3=CCN(C(=O)OC(C)(C)C)CC3)cc1C(Nc1ccc3[nH]ccc3c1)CC2. The Labute approximate surface area is 222 Å². The zero-order chi connectivity index (χ0) is 26.4. The van der Waals surface area contributed by atoms with E-state index in [1.54, 1.807) is 4.90 Å². The number of amides is 1. The molecule has 38 heavy (non-hydrogen) atoms. The highest BCUT2D eigenvalue weighted by Gasteiger charge is 2.27. The molecule has 0 saturated heterocycles. The van der Waals surface area contributed by atoms with Crippen LogP contribution in [0.2, 0.25) is 0 Å². The van der Waals surface area contributed by atoms with Crippen molar-refractivity contribution in [2.45, 2.75) is 58.7 Å². The summed E-state index contributed by atoms with van der Waals surface area (Å²) in [6.07, 6.45) is 5.56. The van der Waals surface area contributed by atoms with E-state index in [-0.39, 0.29) is 12.1 Å². The molecule has 2 N–H and O–H groups in total. The van der Waals surface area contributed by atoms with E-state index in [1.165, 1.54) is 27.6 Å². The number of nitrogens with zero attached hydrogens (tertiary/aromatic N) is 4. The van der Waals surface area contributed by atoms with Crippen molar-refractivity contribution in [3.05, 3.63) is 71.6 Å². The smallest absolute Gasteiger partial charge is 0.410 e. The number of anilines is 1. The molecule has 2 aliphatic rings. The molecule has 0 bridgehead atoms. The van der Waals surface area contributed by atoms with Gasteiger partial charge in [-0.2, -0.15) is 0 Å². The van der Waals surface area contributed by atoms with Crippen molar-refractivity contribution in [3.8, 4) is 11.3 Å². The second-order valence-electron chi connectivity index (χ2n) is 11.2. The molecule has 8 nitrogen and oxygen atoms in total. The van der Waals surface area contributed by atoms with E-state index in [0.717, 1.165) is 42.0 Å². The molecule has 2 aliphatic heterocycles. The summed E-state index contributed by atoms with van der Waals surface area (Å²) < 4.78 is 7.60. The molecular formula is C30H34N6O2. The molecule has 8 heteroatoms. The predicted molar refractivity (Wildman–Crippen MR) is 150 cm³/mol. The molecule has 2 aromatic heterocycles. The Hall–Kier alpha value is -4.07. The number of aromatic amines is 1. The highest BCUT2D eigenvalue weighted by Crippen LogP contribution is 2.39. The first-order valence-corrected chi connectivity index (χ1v) is 13.3. The molecule has 2 aromatic carbocycles. The molecule has 1 amide bonds. The van der Waals surface area contributed by atoms with Crippen LogP contribution in [0.25, 0.3) is 27.7 Å². The standard InChI is InChI=1S/C30H34N6O2/c1-19-28-24-7-5-21(20-10-14-35(15-11-20)29(37)38-30(2,3)4)18-25(24)27(12-16-36(28)34-33-19)32-23-6-8-26-22(17-23)9-13-31-26/h5-10,13,17-18,27,31-32H,11-12,14-16H2,1-4H3. The van der Waals surface area contributed by atoms with Gasteiger partial charge in [0, 0.05) is 48.0 Å². The molecule has 1 unspecified atom stereocenters. The number of carbonyl (C=O) groups is 1. The normalized spacial score (nSPS) is 17.4. The molecule has 1 atom stereocenters. The largest absolute Gasteiger partial charge is 0.444 e. The van der Waals surface area contributed by atoms with Gasteiger partial charge < -0.3 is 19.9 Å². The van der Waals surface area contributed by atoms with Crippen LogP contribution in [0.1, 0.15) is 56.5 Å². The fourth-order valence-electron chi connectivity index (χ4n) is 5.48. The number of aryl methyl sites for hydroxylation is 2. The van der Waals surface area contributed by atoms with Crippen LogP contribution >= 0.6 is 0 Å². The highest BCUT2D eigenvalue weighted by atomic mass is 16.6. The number of H-pyrrole nitrogens is 1. The van der Waals surface area contributed by atoms with Gasteiger partial charge in [-0.05, 0) is 87.6 Å². The molecule has 0 saturated carbocycles. The van der Waals surface area contributed by atoms with Crippen molar-refractivity contribution in [3.63, 3.8) is 0 Å². The van der Waals surface area contributed by atoms with Gasteiger partial charge in [-0.1, -0.05) is 23.4 Å². The maximum absolute atomic E-state index is 12.5. The van der Waals surface area contributed by atoms with Crippen LogP contribution in [-0.4, -0.2) is 49.7 Å². The Morgan fingerprint density at radius 1 is 1.13 bits per heavy atom. The number of hydrogen-bond donors (Lipinski definition) is 2. The Morgan fingerprint density at radius 3 is 2.79 bits per heavy atom. The van der Waals surface area contributed by atoms with Gasteiger partial charge >= 0.3 is 6.09 Å². The first-order valence-electron chi connectivity index (χ1n) is 13.3. The van der Waals surface area contributed by atoms with E-state index in [4.69, 9.17) is 4.74 Å². The number of ether oxygens (including phenoxy) is 1. The maximum Gasteiger partial charge on any atom is 0.410 e. The molecule has 0 spiro atoms. The Bertz CT molecular complexity index is 1540. The zero-order valence-corrected chi connectivity index (χ0v) is 22.4. The summed E-state index contributed by atoms with van der Waals surface area (Å²) in [6, 6.07) is 15.4. The number of carbonyl (C=O) groups excluding carboxylic acids is 1. The fraction of sp³-hybridized carbons (Fsp3) is 0.367. The van der Waals surface area contributed by atoms with Crippen LogP contribution in [0.15, 0.2) is 54.7 Å². The number of nitrogens with one attached hydrogen (secondary N) is 2. The van der Waals surface area contributed by atoms with Gasteiger partial charge in [0.2, 0.25) is 0 Å². The molecule has 4 aromatic rings. The molecule has 0 radical (unpaired) electrons. The molecule has 4 heterocycles. The number of fused-ring (bicyclic) bond motifs is 4. The van der Waals surface area contributed by atoms with E-state index in [9.17, 15) is 4.79 Å². The summed E-state index contributed by atoms with van der Waals surface area (Å²) in [6.45, 7) is 9.71. The third kappa shape index (κ3) is 4.66. The topological polar surface area (TPSA) is 88.1 Å². The molecule has 0 fully saturated rings. The highest BCUT2D eigenvalue weighted by molar-refractivity contribution is 5.83. The van der Waals surface area contributed by atoms with Crippen LogP contribution in [0, 0.1) is 6.92 Å². The summed E-state index contributed by atoms with van der Waals surface area (Å²) in [5.74, 6) is 0. The molecule has 0 aliphatic carbocycles. The van der Waals surface area contributed by atoms with Gasteiger partial charge in [0.15, 0.2) is 0 Å². The second-order valence-corrected chi connectivity index (χ2v) is 11.2. The minimum atomic E-state index is -0.495. The van der Waals surface area contributed by atoms with Gasteiger partial charge in [-0.15, -0.1) is 5.10 Å². The third-order valence-electron chi connectivity index (χ3n) is 7.34. The minimum absolute atomic E-state index is 0.116. The lowest BCUT2D eigenvalue weighted by molar-refractivity contribution is 0.0270. The van der Waals surface area contributed by atoms with E-state index in [2.05, 4.69) is 69.2 Å². The lowest BCUT2D eigenvalue weighted by atomic mass is 9.90. The maximum atomic E-state index is 12.5. The van der Waals surface area contributed by atoms with Gasteiger partial charge in [0.25, 0.3) is 0 Å². The van der Waals surface area contributed by atoms with Gasteiger partial charge in [0.05, 0.1) is 17.4 Å². The van der Waals surface area contributed by atoms with E-state index >= 15 is 0 Å². The van der Waals surface area contributed by atoms with Crippen molar-refractivity contribution >= 4 is 28.3 Å². The summed E-state index contributed by atoms with van der Waals surface area (Å²) in [4.78, 5) is 17.6. The van der Waals surface area contributed by atoms with Crippen LogP contribution in [0.4, 0.5) is 10.5 Å². The minimum Gasteiger partial charge on any atom is -0.444 e. The van der Waals surface area contributed by atoms with Crippen molar-refractivity contribution in [2.24, 2.45) is 0 Å². The molecular weight excluding hydrogens is 476 g/mol. The number of hydrogen-bond acceptors (Lipinski definition) is 5. The summed E-state index contributed by atoms with van der Waals surface area (Å²) in [5.41, 5.74) is 8.63.